The first-order chi connectivity index (χ1) is 6.22. The smallest absolute Gasteiger partial charge is 0.315 e. The number of halogens is 1. The summed E-state index contributed by atoms with van der Waals surface area (Å²) in [5.74, 6) is -1.26. The Kier molecular flexibility index (Phi) is 2.65. The highest BCUT2D eigenvalue weighted by atomic mass is 35.5. The molecule has 0 saturated carbocycles. The molecule has 1 unspecified atom stereocenters. The van der Waals surface area contributed by atoms with Crippen LogP contribution >= 0.6 is 12.4 Å². The zero-order chi connectivity index (χ0) is 9.42. The van der Waals surface area contributed by atoms with Crippen LogP contribution in [-0.4, -0.2) is 22.3 Å². The minimum Gasteiger partial charge on any atom is -0.361 e. The van der Waals surface area contributed by atoms with Gasteiger partial charge in [-0.3, -0.25) is 14.9 Å². The molecule has 0 aromatic rings. The molecule has 0 aromatic carbocycles. The lowest BCUT2D eigenvalue weighted by atomic mass is 9.95. The summed E-state index contributed by atoms with van der Waals surface area (Å²) in [6.45, 7) is 0. The zero-order valence-electron chi connectivity index (χ0n) is 6.93. The summed E-state index contributed by atoms with van der Waals surface area (Å²) in [4.78, 5) is 25.1. The molecule has 2 amide bonds. The zero-order valence-corrected chi connectivity index (χ0v) is 7.75. The van der Waals surface area contributed by atoms with Gasteiger partial charge in [0.15, 0.2) is 0 Å². The van der Waals surface area contributed by atoms with Crippen molar-refractivity contribution in [3.8, 4) is 0 Å². The summed E-state index contributed by atoms with van der Waals surface area (Å²) in [7, 11) is 0. The Morgan fingerprint density at radius 3 is 2.79 bits per heavy atom. The van der Waals surface area contributed by atoms with E-state index >= 15 is 0 Å². The number of hydrogen-bond acceptors (Lipinski definition) is 2. The van der Waals surface area contributed by atoms with Gasteiger partial charge < -0.3 is 5.53 Å². The number of nitrogens with zero attached hydrogens (tertiary/aromatic N) is 2. The number of fused-ring (bicyclic) bond motifs is 1. The van der Waals surface area contributed by atoms with E-state index in [1.165, 1.54) is 18.2 Å². The summed E-state index contributed by atoms with van der Waals surface area (Å²) in [6.07, 6.45) is 4.42. The Balaban J connectivity index is 0.000000980. The fraction of sp³-hybridized carbons (Fsp3) is 0.125. The van der Waals surface area contributed by atoms with Crippen LogP contribution in [0.4, 0.5) is 0 Å². The quantitative estimate of drug-likeness (QED) is 0.343. The van der Waals surface area contributed by atoms with Crippen LogP contribution in [0.5, 0.6) is 0 Å². The van der Waals surface area contributed by atoms with Crippen LogP contribution < -0.4 is 5.32 Å². The van der Waals surface area contributed by atoms with Crippen molar-refractivity contribution in [1.29, 1.82) is 0 Å². The molecule has 6 heteroatoms. The van der Waals surface area contributed by atoms with Gasteiger partial charge in [0.2, 0.25) is 5.91 Å². The van der Waals surface area contributed by atoms with E-state index in [-0.39, 0.29) is 24.0 Å². The first kappa shape index (κ1) is 10.4. The van der Waals surface area contributed by atoms with Gasteiger partial charge in [0.25, 0.3) is 5.91 Å². The van der Waals surface area contributed by atoms with E-state index in [4.69, 9.17) is 5.53 Å². The van der Waals surface area contributed by atoms with Crippen LogP contribution in [0, 0.1) is 5.92 Å². The second-order valence-corrected chi connectivity index (χ2v) is 2.78. The van der Waals surface area contributed by atoms with E-state index in [1.54, 1.807) is 0 Å². The molecule has 1 fully saturated rings. The van der Waals surface area contributed by atoms with Crippen LogP contribution in [0.15, 0.2) is 23.8 Å². The van der Waals surface area contributed by atoms with Gasteiger partial charge in [0, 0.05) is 17.7 Å². The van der Waals surface area contributed by atoms with Gasteiger partial charge in [-0.1, -0.05) is 6.08 Å². The lowest BCUT2D eigenvalue weighted by molar-refractivity contribution is -0.125. The Hall–Kier alpha value is -1.71. The van der Waals surface area contributed by atoms with Gasteiger partial charge in [-0.2, -0.15) is 4.79 Å². The van der Waals surface area contributed by atoms with E-state index in [0.717, 1.165) is 0 Å². The molecule has 0 radical (unpaired) electrons. The van der Waals surface area contributed by atoms with E-state index in [2.05, 4.69) is 10.1 Å². The monoisotopic (exact) mass is 211 g/mol. The standard InChI is InChI=1S/C8H5N3O2.ClH/c9-11-4-1-2-5-6(3-4)8(13)10-7(5)12;/h1-3,5H,(H,10,12,13);1H. The maximum atomic E-state index is 11.1. The largest absolute Gasteiger partial charge is 0.361 e. The molecule has 0 bridgehead atoms. The van der Waals surface area contributed by atoms with Crippen molar-refractivity contribution in [3.05, 3.63) is 29.3 Å². The summed E-state index contributed by atoms with van der Waals surface area (Å²) in [6, 6.07) is 0. The molecule has 5 nitrogen and oxygen atoms in total. The number of imide groups is 1. The molecular formula is C8H6ClN3O2. The number of nitrogens with one attached hydrogen (secondary N) is 1. The van der Waals surface area contributed by atoms with Crippen molar-refractivity contribution in [1.82, 2.24) is 5.32 Å². The molecule has 1 atom stereocenters. The highest BCUT2D eigenvalue weighted by Gasteiger charge is 2.37. The van der Waals surface area contributed by atoms with E-state index in [1.807, 2.05) is 0 Å². The Bertz CT molecular complexity index is 418. The van der Waals surface area contributed by atoms with Gasteiger partial charge in [-0.25, -0.2) is 0 Å². The molecule has 72 valence electrons. The average molecular weight is 212 g/mol. The Morgan fingerprint density at radius 1 is 1.43 bits per heavy atom. The van der Waals surface area contributed by atoms with Crippen molar-refractivity contribution in [2.24, 2.45) is 5.92 Å². The summed E-state index contributed by atoms with van der Waals surface area (Å²) >= 11 is 0. The summed E-state index contributed by atoms with van der Waals surface area (Å²) in [5, 5.41) is 2.17. The molecule has 1 N–H and O–H groups in total. The number of hydrogen-bond donors (Lipinski definition) is 1. The molecule has 1 saturated heterocycles. The third kappa shape index (κ3) is 1.39. The van der Waals surface area contributed by atoms with Crippen molar-refractivity contribution in [3.63, 3.8) is 0 Å². The van der Waals surface area contributed by atoms with Crippen molar-refractivity contribution in [2.75, 3.05) is 0 Å². The maximum absolute atomic E-state index is 11.1. The highest BCUT2D eigenvalue weighted by molar-refractivity contribution is 6.20. The molecule has 0 spiro atoms. The van der Waals surface area contributed by atoms with Gasteiger partial charge in [-0.05, 0) is 0 Å². The summed E-state index contributed by atoms with van der Waals surface area (Å²) < 4.78 is 0. The van der Waals surface area contributed by atoms with Gasteiger partial charge in [-0.15, -0.1) is 12.4 Å². The lowest BCUT2D eigenvalue weighted by Gasteiger charge is -2.02. The normalized spacial score (nSPS) is 23.3. The van der Waals surface area contributed by atoms with Gasteiger partial charge >= 0.3 is 5.71 Å². The predicted molar refractivity (Wildman–Crippen MR) is 49.7 cm³/mol. The second-order valence-electron chi connectivity index (χ2n) is 2.78. The SMILES string of the molecule is Cl.[N-]=[N+]=C1C=CC2C(=O)NC(=O)C2=C1. The van der Waals surface area contributed by atoms with Crippen molar-refractivity contribution in [2.45, 2.75) is 0 Å². The predicted octanol–water partition coefficient (Wildman–Crippen LogP) is -0.152. The topological polar surface area (TPSA) is 82.6 Å². The number of allylic oxidation sites excluding steroid dienone is 2. The second kappa shape index (κ2) is 3.57. The van der Waals surface area contributed by atoms with Crippen molar-refractivity contribution >= 4 is 29.9 Å². The first-order valence-corrected chi connectivity index (χ1v) is 3.69. The van der Waals surface area contributed by atoms with Crippen LogP contribution in [0.3, 0.4) is 0 Å². The van der Waals surface area contributed by atoms with Crippen LogP contribution in [-0.2, 0) is 9.59 Å². The Morgan fingerprint density at radius 2 is 2.14 bits per heavy atom. The van der Waals surface area contributed by atoms with E-state index in [9.17, 15) is 9.59 Å². The number of carbonyl (C=O) groups excluding carboxylic acids is 2. The summed E-state index contributed by atoms with van der Waals surface area (Å²) in [5.41, 5.74) is 9.05. The fourth-order valence-electron chi connectivity index (χ4n) is 1.36. The minimum atomic E-state index is -0.516. The molecule has 1 heterocycles. The lowest BCUT2D eigenvalue weighted by Crippen LogP contribution is -2.21. The molecular weight excluding hydrogens is 206 g/mol. The van der Waals surface area contributed by atoms with Crippen LogP contribution in [0.25, 0.3) is 5.53 Å². The number of amides is 2. The maximum Gasteiger partial charge on any atom is 0.315 e. The number of rotatable bonds is 0. The highest BCUT2D eigenvalue weighted by Crippen LogP contribution is 2.22. The van der Waals surface area contributed by atoms with Crippen LogP contribution in [0.2, 0.25) is 0 Å². The first-order valence-electron chi connectivity index (χ1n) is 3.69. The van der Waals surface area contributed by atoms with Crippen molar-refractivity contribution < 1.29 is 14.4 Å². The minimum absolute atomic E-state index is 0. The third-order valence-electron chi connectivity index (χ3n) is 1.99. The fourth-order valence-corrected chi connectivity index (χ4v) is 1.36. The van der Waals surface area contributed by atoms with E-state index < -0.39 is 11.8 Å². The van der Waals surface area contributed by atoms with Gasteiger partial charge in [0.1, 0.15) is 0 Å². The van der Waals surface area contributed by atoms with Crippen LogP contribution in [0.1, 0.15) is 0 Å². The molecule has 1 aliphatic carbocycles. The Labute approximate surface area is 85.5 Å². The molecule has 1 aliphatic heterocycles. The molecule has 2 rings (SSSR count). The number of carbonyl (C=O) groups is 2. The third-order valence-corrected chi connectivity index (χ3v) is 1.99. The molecule has 14 heavy (non-hydrogen) atoms. The molecule has 0 aromatic heterocycles. The molecule has 2 aliphatic rings. The van der Waals surface area contributed by atoms with E-state index in [0.29, 0.717) is 5.57 Å². The average Bonchev–Trinajstić information content (AvgIpc) is 2.42. The van der Waals surface area contributed by atoms with Gasteiger partial charge in [0.05, 0.1) is 5.92 Å².